The molecule has 0 spiro atoms. The van der Waals surface area contributed by atoms with E-state index < -0.39 is 6.67 Å². The van der Waals surface area contributed by atoms with E-state index >= 15 is 0 Å². The number of ether oxygens (including phenoxy) is 2. The molecule has 0 fully saturated rings. The number of methoxy groups -OCH3 is 2. The van der Waals surface area contributed by atoms with Gasteiger partial charge in [0.2, 0.25) is 0 Å². The van der Waals surface area contributed by atoms with Crippen LogP contribution in [0, 0.1) is 0 Å². The van der Waals surface area contributed by atoms with E-state index in [4.69, 9.17) is 9.47 Å². The highest BCUT2D eigenvalue weighted by molar-refractivity contribution is 5.76. The highest BCUT2D eigenvalue weighted by Crippen LogP contribution is 2.35. The molecule has 124 valence electrons. The first-order valence-corrected chi connectivity index (χ1v) is 7.67. The van der Waals surface area contributed by atoms with Gasteiger partial charge in [0, 0.05) is 17.3 Å². The summed E-state index contributed by atoms with van der Waals surface area (Å²) >= 11 is 0. The third kappa shape index (κ3) is 3.25. The Labute approximate surface area is 140 Å². The zero-order valence-corrected chi connectivity index (χ0v) is 13.7. The molecule has 0 aliphatic carbocycles. The van der Waals surface area contributed by atoms with Crippen LogP contribution in [0.15, 0.2) is 54.7 Å². The van der Waals surface area contributed by atoms with Crippen LogP contribution in [0.4, 0.5) is 4.39 Å². The minimum atomic E-state index is -0.428. The normalized spacial score (nSPS) is 10.6. The van der Waals surface area contributed by atoms with Crippen LogP contribution in [0.5, 0.6) is 11.5 Å². The topological polar surface area (TPSA) is 36.3 Å². The van der Waals surface area contributed by atoms with E-state index in [9.17, 15) is 4.39 Å². The summed E-state index contributed by atoms with van der Waals surface area (Å²) in [6.45, 7) is -0.161. The second kappa shape index (κ2) is 7.17. The summed E-state index contributed by atoms with van der Waals surface area (Å²) in [4.78, 5) is 0. The van der Waals surface area contributed by atoms with Gasteiger partial charge in [0.25, 0.3) is 0 Å². The molecule has 1 aromatic heterocycles. The lowest BCUT2D eigenvalue weighted by molar-refractivity contribution is 0.404. The van der Waals surface area contributed by atoms with Crippen molar-refractivity contribution in [3.63, 3.8) is 0 Å². The summed E-state index contributed by atoms with van der Waals surface area (Å²) in [6.07, 6.45) is 1.79. The van der Waals surface area contributed by atoms with Crippen LogP contribution in [-0.2, 0) is 6.54 Å². The van der Waals surface area contributed by atoms with Crippen LogP contribution in [0.25, 0.3) is 22.4 Å². The van der Waals surface area contributed by atoms with E-state index in [-0.39, 0.29) is 6.54 Å². The van der Waals surface area contributed by atoms with Gasteiger partial charge in [0.15, 0.2) is 0 Å². The fourth-order valence-corrected chi connectivity index (χ4v) is 2.61. The number of nitrogens with zero attached hydrogens (tertiary/aromatic N) is 2. The van der Waals surface area contributed by atoms with Gasteiger partial charge in [-0.2, -0.15) is 5.10 Å². The monoisotopic (exact) mass is 326 g/mol. The van der Waals surface area contributed by atoms with Gasteiger partial charge in [-0.05, 0) is 35.9 Å². The number of aromatic nitrogens is 2. The lowest BCUT2D eigenvalue weighted by Gasteiger charge is -2.11. The number of alkyl halides is 1. The first-order chi connectivity index (χ1) is 11.7. The van der Waals surface area contributed by atoms with Crippen LogP contribution >= 0.6 is 0 Å². The van der Waals surface area contributed by atoms with E-state index in [0.717, 1.165) is 33.9 Å². The van der Waals surface area contributed by atoms with E-state index in [1.807, 2.05) is 48.5 Å². The highest BCUT2D eigenvalue weighted by Gasteiger charge is 2.10. The predicted octanol–water partition coefficient (Wildman–Crippen LogP) is 4.20. The van der Waals surface area contributed by atoms with E-state index in [1.165, 1.54) is 0 Å². The zero-order chi connectivity index (χ0) is 16.9. The van der Waals surface area contributed by atoms with Crippen molar-refractivity contribution in [3.8, 4) is 33.9 Å². The van der Waals surface area contributed by atoms with Gasteiger partial charge in [-0.3, -0.25) is 4.68 Å². The second-order valence-corrected chi connectivity index (χ2v) is 5.30. The molecule has 0 aliphatic rings. The molecule has 4 nitrogen and oxygen atoms in total. The Kier molecular flexibility index (Phi) is 4.79. The minimum absolute atomic E-state index is 0.267. The van der Waals surface area contributed by atoms with E-state index in [1.54, 1.807) is 25.1 Å². The largest absolute Gasteiger partial charge is 0.497 e. The minimum Gasteiger partial charge on any atom is -0.497 e. The molecule has 2 aromatic carbocycles. The average Bonchev–Trinajstić information content (AvgIpc) is 3.10. The number of halogens is 1. The van der Waals surface area contributed by atoms with Gasteiger partial charge in [0.1, 0.15) is 18.2 Å². The van der Waals surface area contributed by atoms with Crippen molar-refractivity contribution in [2.45, 2.75) is 6.54 Å². The average molecular weight is 326 g/mol. The zero-order valence-electron chi connectivity index (χ0n) is 13.7. The van der Waals surface area contributed by atoms with Gasteiger partial charge in [-0.1, -0.05) is 18.2 Å². The maximum absolute atomic E-state index is 12.4. The van der Waals surface area contributed by atoms with Crippen molar-refractivity contribution in [1.29, 1.82) is 0 Å². The van der Waals surface area contributed by atoms with Crippen molar-refractivity contribution in [1.82, 2.24) is 9.78 Å². The lowest BCUT2D eigenvalue weighted by Crippen LogP contribution is -1.99. The molecule has 0 unspecified atom stereocenters. The molecular formula is C19H19FN2O2. The first-order valence-electron chi connectivity index (χ1n) is 7.67. The molecule has 0 N–H and O–H groups in total. The van der Waals surface area contributed by atoms with Gasteiger partial charge in [-0.25, -0.2) is 4.39 Å². The SMILES string of the molecule is COc1ccc(OC)c(-c2cccc(-c3ccn(CCF)n3)c2)c1. The molecule has 3 aromatic rings. The molecule has 1 heterocycles. The molecule has 0 atom stereocenters. The highest BCUT2D eigenvalue weighted by atomic mass is 19.1. The van der Waals surface area contributed by atoms with Crippen LogP contribution < -0.4 is 9.47 Å². The Balaban J connectivity index is 2.01. The number of rotatable bonds is 6. The van der Waals surface area contributed by atoms with E-state index in [0.29, 0.717) is 0 Å². The van der Waals surface area contributed by atoms with Crippen molar-refractivity contribution in [2.75, 3.05) is 20.9 Å². The van der Waals surface area contributed by atoms with Crippen molar-refractivity contribution in [2.24, 2.45) is 0 Å². The molecule has 5 heteroatoms. The second-order valence-electron chi connectivity index (χ2n) is 5.30. The van der Waals surface area contributed by atoms with Crippen molar-refractivity contribution in [3.05, 3.63) is 54.7 Å². The fourth-order valence-electron chi connectivity index (χ4n) is 2.61. The summed E-state index contributed by atoms with van der Waals surface area (Å²) < 4.78 is 24.8. The quantitative estimate of drug-likeness (QED) is 0.681. The van der Waals surface area contributed by atoms with Crippen molar-refractivity contribution >= 4 is 0 Å². The molecule has 0 saturated carbocycles. The Morgan fingerprint density at radius 1 is 1.00 bits per heavy atom. The van der Waals surface area contributed by atoms with Crippen LogP contribution in [-0.4, -0.2) is 30.7 Å². The van der Waals surface area contributed by atoms with E-state index in [2.05, 4.69) is 5.10 Å². The standard InChI is InChI=1S/C19H19FN2O2/c1-23-16-6-7-19(24-2)17(13-16)14-4-3-5-15(12-14)18-8-10-22(21-18)11-9-20/h3-8,10,12-13H,9,11H2,1-2H3. The molecule has 0 aliphatic heterocycles. The predicted molar refractivity (Wildman–Crippen MR) is 92.2 cm³/mol. The Bertz CT molecular complexity index is 830. The number of hydrogen-bond donors (Lipinski definition) is 0. The molecule has 0 amide bonds. The third-order valence-corrected chi connectivity index (χ3v) is 3.83. The van der Waals surface area contributed by atoms with Crippen LogP contribution in [0.3, 0.4) is 0 Å². The van der Waals surface area contributed by atoms with Gasteiger partial charge in [-0.15, -0.1) is 0 Å². The summed E-state index contributed by atoms with van der Waals surface area (Å²) in [5.74, 6) is 1.54. The summed E-state index contributed by atoms with van der Waals surface area (Å²) in [5, 5.41) is 4.40. The fraction of sp³-hybridized carbons (Fsp3) is 0.211. The Morgan fingerprint density at radius 3 is 2.58 bits per heavy atom. The molecule has 0 bridgehead atoms. The van der Waals surface area contributed by atoms with Gasteiger partial charge < -0.3 is 9.47 Å². The van der Waals surface area contributed by atoms with Crippen LogP contribution in [0.2, 0.25) is 0 Å². The molecule has 0 saturated heterocycles. The molecular weight excluding hydrogens is 307 g/mol. The Hall–Kier alpha value is -2.82. The lowest BCUT2D eigenvalue weighted by atomic mass is 10.0. The third-order valence-electron chi connectivity index (χ3n) is 3.83. The number of benzene rings is 2. The maximum Gasteiger partial charge on any atom is 0.126 e. The van der Waals surface area contributed by atoms with Crippen molar-refractivity contribution < 1.29 is 13.9 Å². The molecule has 24 heavy (non-hydrogen) atoms. The summed E-state index contributed by atoms with van der Waals surface area (Å²) in [5.41, 5.74) is 3.73. The molecule has 0 radical (unpaired) electrons. The summed E-state index contributed by atoms with van der Waals surface area (Å²) in [7, 11) is 3.29. The first kappa shape index (κ1) is 16.1. The number of aryl methyl sites for hydroxylation is 1. The maximum atomic E-state index is 12.4. The molecule has 3 rings (SSSR count). The Morgan fingerprint density at radius 2 is 1.83 bits per heavy atom. The van der Waals surface area contributed by atoms with Gasteiger partial charge >= 0.3 is 0 Å². The van der Waals surface area contributed by atoms with Crippen LogP contribution in [0.1, 0.15) is 0 Å². The van der Waals surface area contributed by atoms with Gasteiger partial charge in [0.05, 0.1) is 26.5 Å². The smallest absolute Gasteiger partial charge is 0.126 e. The number of hydrogen-bond acceptors (Lipinski definition) is 3. The summed E-state index contributed by atoms with van der Waals surface area (Å²) in [6, 6.07) is 15.6.